The standard InChI is InChI=1S/C12H13BrF2O/c13-10-4-5-16-7-8(10)6-9-11(14)2-1-3-12(9)15/h1-3,8,10H,4-7H2. The lowest BCUT2D eigenvalue weighted by Crippen LogP contribution is -2.29. The number of halogens is 3. The number of benzene rings is 1. The Morgan fingerprint density at radius 3 is 2.62 bits per heavy atom. The van der Waals surface area contributed by atoms with Gasteiger partial charge in [0.05, 0.1) is 6.61 Å². The van der Waals surface area contributed by atoms with Gasteiger partial charge in [0, 0.05) is 17.0 Å². The molecule has 0 bridgehead atoms. The SMILES string of the molecule is Fc1cccc(F)c1CC1COCCC1Br. The molecule has 1 saturated heterocycles. The molecule has 2 rings (SSSR count). The fraction of sp³-hybridized carbons (Fsp3) is 0.500. The van der Waals surface area contributed by atoms with Crippen molar-refractivity contribution in [2.45, 2.75) is 17.7 Å². The third-order valence-corrected chi connectivity index (χ3v) is 4.11. The van der Waals surface area contributed by atoms with E-state index in [-0.39, 0.29) is 16.3 Å². The summed E-state index contributed by atoms with van der Waals surface area (Å²) in [5.74, 6) is -0.796. The molecular weight excluding hydrogens is 278 g/mol. The summed E-state index contributed by atoms with van der Waals surface area (Å²) in [4.78, 5) is 0.278. The van der Waals surface area contributed by atoms with E-state index in [0.717, 1.165) is 6.42 Å². The minimum atomic E-state index is -0.467. The van der Waals surface area contributed by atoms with Gasteiger partial charge in [-0.1, -0.05) is 22.0 Å². The molecule has 1 fully saturated rings. The van der Waals surface area contributed by atoms with Crippen LogP contribution in [0.5, 0.6) is 0 Å². The summed E-state index contributed by atoms with van der Waals surface area (Å²) in [6.45, 7) is 1.27. The number of alkyl halides is 1. The zero-order valence-corrected chi connectivity index (χ0v) is 10.3. The number of ether oxygens (including phenoxy) is 1. The molecule has 0 aliphatic carbocycles. The monoisotopic (exact) mass is 290 g/mol. The van der Waals surface area contributed by atoms with Gasteiger partial charge in [-0.05, 0) is 30.9 Å². The molecule has 16 heavy (non-hydrogen) atoms. The van der Waals surface area contributed by atoms with Crippen molar-refractivity contribution in [2.24, 2.45) is 5.92 Å². The molecule has 1 aromatic carbocycles. The summed E-state index contributed by atoms with van der Waals surface area (Å²) in [5.41, 5.74) is 0.169. The van der Waals surface area contributed by atoms with Crippen LogP contribution in [0.3, 0.4) is 0 Å². The topological polar surface area (TPSA) is 9.23 Å². The summed E-state index contributed by atoms with van der Waals surface area (Å²) >= 11 is 3.54. The van der Waals surface area contributed by atoms with Crippen LogP contribution in [0.1, 0.15) is 12.0 Å². The minimum Gasteiger partial charge on any atom is -0.381 e. The molecule has 1 aliphatic rings. The average Bonchev–Trinajstić information content (AvgIpc) is 2.26. The second-order valence-electron chi connectivity index (χ2n) is 4.04. The first-order valence-corrected chi connectivity index (χ1v) is 6.24. The van der Waals surface area contributed by atoms with E-state index >= 15 is 0 Å². The predicted molar refractivity (Wildman–Crippen MR) is 61.7 cm³/mol. The lowest BCUT2D eigenvalue weighted by atomic mass is 9.93. The molecular formula is C12H13BrF2O. The minimum absolute atomic E-state index is 0.139. The highest BCUT2D eigenvalue weighted by molar-refractivity contribution is 9.09. The van der Waals surface area contributed by atoms with Gasteiger partial charge in [-0.15, -0.1) is 0 Å². The van der Waals surface area contributed by atoms with E-state index in [2.05, 4.69) is 15.9 Å². The van der Waals surface area contributed by atoms with Crippen molar-refractivity contribution >= 4 is 15.9 Å². The van der Waals surface area contributed by atoms with Crippen LogP contribution in [-0.4, -0.2) is 18.0 Å². The number of hydrogen-bond donors (Lipinski definition) is 0. The van der Waals surface area contributed by atoms with Crippen molar-refractivity contribution in [3.8, 4) is 0 Å². The first-order chi connectivity index (χ1) is 7.68. The van der Waals surface area contributed by atoms with Crippen LogP contribution in [0.4, 0.5) is 8.78 Å². The zero-order chi connectivity index (χ0) is 11.5. The first kappa shape index (κ1) is 12.0. The van der Waals surface area contributed by atoms with E-state index in [1.54, 1.807) is 0 Å². The van der Waals surface area contributed by atoms with Crippen molar-refractivity contribution in [1.29, 1.82) is 0 Å². The Bertz CT molecular complexity index is 350. The Hall–Kier alpha value is -0.480. The van der Waals surface area contributed by atoms with Gasteiger partial charge in [0.25, 0.3) is 0 Å². The van der Waals surface area contributed by atoms with Crippen LogP contribution in [-0.2, 0) is 11.2 Å². The van der Waals surface area contributed by atoms with E-state index < -0.39 is 11.6 Å². The lowest BCUT2D eigenvalue weighted by molar-refractivity contribution is 0.0599. The number of hydrogen-bond acceptors (Lipinski definition) is 1. The van der Waals surface area contributed by atoms with E-state index in [1.165, 1.54) is 18.2 Å². The van der Waals surface area contributed by atoms with Gasteiger partial charge in [-0.3, -0.25) is 0 Å². The molecule has 0 spiro atoms. The zero-order valence-electron chi connectivity index (χ0n) is 8.76. The maximum Gasteiger partial charge on any atom is 0.129 e. The summed E-state index contributed by atoms with van der Waals surface area (Å²) in [5, 5.41) is 0. The van der Waals surface area contributed by atoms with Crippen LogP contribution in [0.15, 0.2) is 18.2 Å². The second kappa shape index (κ2) is 5.23. The van der Waals surface area contributed by atoms with Gasteiger partial charge in [-0.2, -0.15) is 0 Å². The Morgan fingerprint density at radius 1 is 1.31 bits per heavy atom. The van der Waals surface area contributed by atoms with Gasteiger partial charge in [-0.25, -0.2) is 8.78 Å². The normalized spacial score (nSPS) is 25.7. The van der Waals surface area contributed by atoms with E-state index in [1.807, 2.05) is 0 Å². The summed E-state index contributed by atoms with van der Waals surface area (Å²) < 4.78 is 32.2. The summed E-state index contributed by atoms with van der Waals surface area (Å²) in [7, 11) is 0. The van der Waals surface area contributed by atoms with Crippen LogP contribution < -0.4 is 0 Å². The highest BCUT2D eigenvalue weighted by Gasteiger charge is 2.25. The van der Waals surface area contributed by atoms with Crippen molar-refractivity contribution in [2.75, 3.05) is 13.2 Å². The third kappa shape index (κ3) is 2.61. The van der Waals surface area contributed by atoms with Gasteiger partial charge in [0.15, 0.2) is 0 Å². The molecule has 0 amide bonds. The lowest BCUT2D eigenvalue weighted by Gasteiger charge is -2.27. The van der Waals surface area contributed by atoms with Crippen molar-refractivity contribution in [1.82, 2.24) is 0 Å². The van der Waals surface area contributed by atoms with Crippen molar-refractivity contribution in [3.05, 3.63) is 35.4 Å². The molecule has 0 saturated carbocycles. The Labute approximate surface area is 102 Å². The molecule has 4 heteroatoms. The Kier molecular flexibility index (Phi) is 3.92. The molecule has 2 unspecified atom stereocenters. The first-order valence-electron chi connectivity index (χ1n) is 5.33. The van der Waals surface area contributed by atoms with Gasteiger partial charge in [0.1, 0.15) is 11.6 Å². The molecule has 1 heterocycles. The predicted octanol–water partition coefficient (Wildman–Crippen LogP) is 3.31. The molecule has 0 aromatic heterocycles. The molecule has 0 N–H and O–H groups in total. The van der Waals surface area contributed by atoms with E-state index in [4.69, 9.17) is 4.74 Å². The van der Waals surface area contributed by atoms with Crippen LogP contribution in [0, 0.1) is 17.6 Å². The smallest absolute Gasteiger partial charge is 0.129 e. The molecule has 2 atom stereocenters. The van der Waals surface area contributed by atoms with Crippen LogP contribution >= 0.6 is 15.9 Å². The second-order valence-corrected chi connectivity index (χ2v) is 5.22. The molecule has 0 radical (unpaired) electrons. The average molecular weight is 291 g/mol. The van der Waals surface area contributed by atoms with Crippen LogP contribution in [0.2, 0.25) is 0 Å². The maximum atomic E-state index is 13.4. The van der Waals surface area contributed by atoms with E-state index in [9.17, 15) is 8.78 Å². The fourth-order valence-electron chi connectivity index (χ4n) is 1.95. The maximum absolute atomic E-state index is 13.4. The Balaban J connectivity index is 2.13. The fourth-order valence-corrected chi connectivity index (χ4v) is 2.47. The molecule has 1 nitrogen and oxygen atoms in total. The van der Waals surface area contributed by atoms with Crippen molar-refractivity contribution < 1.29 is 13.5 Å². The third-order valence-electron chi connectivity index (χ3n) is 2.91. The van der Waals surface area contributed by atoms with E-state index in [0.29, 0.717) is 19.6 Å². The van der Waals surface area contributed by atoms with Gasteiger partial charge in [0.2, 0.25) is 0 Å². The molecule has 1 aliphatic heterocycles. The highest BCUT2D eigenvalue weighted by Crippen LogP contribution is 2.27. The van der Waals surface area contributed by atoms with Gasteiger partial charge >= 0.3 is 0 Å². The molecule has 1 aromatic rings. The van der Waals surface area contributed by atoms with Crippen molar-refractivity contribution in [3.63, 3.8) is 0 Å². The summed E-state index contributed by atoms with van der Waals surface area (Å²) in [6.07, 6.45) is 1.27. The van der Waals surface area contributed by atoms with Gasteiger partial charge < -0.3 is 4.74 Å². The largest absolute Gasteiger partial charge is 0.381 e. The quantitative estimate of drug-likeness (QED) is 0.760. The number of rotatable bonds is 2. The Morgan fingerprint density at radius 2 is 2.00 bits per heavy atom. The molecule has 88 valence electrons. The summed E-state index contributed by atoms with van der Waals surface area (Å²) in [6, 6.07) is 3.98. The highest BCUT2D eigenvalue weighted by atomic mass is 79.9. The van der Waals surface area contributed by atoms with Crippen LogP contribution in [0.25, 0.3) is 0 Å².